The lowest BCUT2D eigenvalue weighted by atomic mass is 9.82. The summed E-state index contributed by atoms with van der Waals surface area (Å²) in [7, 11) is 0. The molecule has 14 heavy (non-hydrogen) atoms. The van der Waals surface area contributed by atoms with Crippen LogP contribution in [0.2, 0.25) is 0 Å². The second-order valence-corrected chi connectivity index (χ2v) is 4.78. The third-order valence-electron chi connectivity index (χ3n) is 3.67. The van der Waals surface area contributed by atoms with Crippen LogP contribution in [0.4, 0.5) is 0 Å². The zero-order chi connectivity index (χ0) is 10.3. The van der Waals surface area contributed by atoms with Gasteiger partial charge < -0.3 is 15.7 Å². The van der Waals surface area contributed by atoms with Gasteiger partial charge in [-0.15, -0.1) is 0 Å². The number of nitrogens with two attached hydrogens (primary N) is 1. The molecule has 2 rings (SSSR count). The molecule has 1 aliphatic heterocycles. The minimum absolute atomic E-state index is 0.00672. The van der Waals surface area contributed by atoms with Crippen LogP contribution in [0.15, 0.2) is 0 Å². The minimum atomic E-state index is -0.375. The quantitative estimate of drug-likeness (QED) is 0.608. The average Bonchev–Trinajstić information content (AvgIpc) is 2.42. The first-order valence-corrected chi connectivity index (χ1v) is 5.27. The molecule has 0 aromatic carbocycles. The Morgan fingerprint density at radius 2 is 2.21 bits per heavy atom. The maximum absolute atomic E-state index is 12.0. The van der Waals surface area contributed by atoms with Gasteiger partial charge in [-0.3, -0.25) is 4.79 Å². The molecule has 1 saturated heterocycles. The Hall–Kier alpha value is -0.610. The molecule has 0 bridgehead atoms. The summed E-state index contributed by atoms with van der Waals surface area (Å²) in [5, 5.41) is 9.13. The van der Waals surface area contributed by atoms with Gasteiger partial charge in [-0.2, -0.15) is 0 Å². The number of aliphatic hydroxyl groups excluding tert-OH is 1. The fourth-order valence-corrected chi connectivity index (χ4v) is 2.44. The van der Waals surface area contributed by atoms with Gasteiger partial charge in [0.2, 0.25) is 5.91 Å². The van der Waals surface area contributed by atoms with Gasteiger partial charge in [-0.05, 0) is 19.8 Å². The molecule has 0 aromatic heterocycles. The largest absolute Gasteiger partial charge is 0.389 e. The standard InChI is InChI=1S/C10H18N2O2/c1-10(4-2-3-8(10)11)9(14)12-5-7(13)6-12/h7-8,13H,2-6,11H2,1H3. The van der Waals surface area contributed by atoms with Gasteiger partial charge in [0.25, 0.3) is 0 Å². The molecule has 4 heteroatoms. The van der Waals surface area contributed by atoms with Crippen LogP contribution in [0, 0.1) is 5.41 Å². The van der Waals surface area contributed by atoms with Crippen molar-refractivity contribution < 1.29 is 9.90 Å². The van der Waals surface area contributed by atoms with E-state index < -0.39 is 0 Å². The summed E-state index contributed by atoms with van der Waals surface area (Å²) in [5.74, 6) is 0.132. The van der Waals surface area contributed by atoms with Crippen LogP contribution in [-0.2, 0) is 4.79 Å². The zero-order valence-corrected chi connectivity index (χ0v) is 8.57. The van der Waals surface area contributed by atoms with Crippen LogP contribution in [0.3, 0.4) is 0 Å². The van der Waals surface area contributed by atoms with Gasteiger partial charge in [0, 0.05) is 19.1 Å². The number of rotatable bonds is 1. The molecule has 4 nitrogen and oxygen atoms in total. The normalized spacial score (nSPS) is 38.5. The summed E-state index contributed by atoms with van der Waals surface area (Å²) in [6.45, 7) is 2.93. The first-order chi connectivity index (χ1) is 6.54. The Morgan fingerprint density at radius 1 is 1.57 bits per heavy atom. The fraction of sp³-hybridized carbons (Fsp3) is 0.900. The molecular weight excluding hydrogens is 180 g/mol. The Morgan fingerprint density at radius 3 is 2.64 bits per heavy atom. The van der Waals surface area contributed by atoms with Gasteiger partial charge >= 0.3 is 0 Å². The maximum Gasteiger partial charge on any atom is 0.230 e. The van der Waals surface area contributed by atoms with Crippen molar-refractivity contribution in [3.8, 4) is 0 Å². The Kier molecular flexibility index (Phi) is 2.27. The SMILES string of the molecule is CC1(C(=O)N2CC(O)C2)CCCC1N. The van der Waals surface area contributed by atoms with Crippen molar-refractivity contribution in [1.82, 2.24) is 4.90 Å². The molecule has 3 N–H and O–H groups in total. The summed E-state index contributed by atoms with van der Waals surface area (Å²) >= 11 is 0. The summed E-state index contributed by atoms with van der Waals surface area (Å²) in [4.78, 5) is 13.8. The molecule has 0 radical (unpaired) electrons. The lowest BCUT2D eigenvalue weighted by molar-refractivity contribution is -0.152. The third-order valence-corrected chi connectivity index (χ3v) is 3.67. The third kappa shape index (κ3) is 1.33. The van der Waals surface area contributed by atoms with Gasteiger partial charge in [0.1, 0.15) is 0 Å². The minimum Gasteiger partial charge on any atom is -0.389 e. The highest BCUT2D eigenvalue weighted by Crippen LogP contribution is 2.39. The van der Waals surface area contributed by atoms with E-state index in [1.165, 1.54) is 0 Å². The van der Waals surface area contributed by atoms with E-state index in [1.54, 1.807) is 4.90 Å². The highest BCUT2D eigenvalue weighted by Gasteiger charge is 2.47. The Balaban J connectivity index is 2.03. The van der Waals surface area contributed by atoms with Crippen LogP contribution in [0.25, 0.3) is 0 Å². The lowest BCUT2D eigenvalue weighted by Crippen LogP contribution is -2.59. The Labute approximate surface area is 84.1 Å². The second-order valence-electron chi connectivity index (χ2n) is 4.78. The maximum atomic E-state index is 12.0. The molecule has 2 aliphatic rings. The first kappa shape index (κ1) is 9.93. The van der Waals surface area contributed by atoms with Crippen molar-refractivity contribution in [1.29, 1.82) is 0 Å². The van der Waals surface area contributed by atoms with Crippen molar-refractivity contribution in [3.05, 3.63) is 0 Å². The van der Waals surface area contributed by atoms with E-state index >= 15 is 0 Å². The molecular formula is C10H18N2O2. The molecule has 0 spiro atoms. The van der Waals surface area contributed by atoms with E-state index in [2.05, 4.69) is 0 Å². The first-order valence-electron chi connectivity index (χ1n) is 5.27. The van der Waals surface area contributed by atoms with Crippen molar-refractivity contribution in [2.24, 2.45) is 11.1 Å². The predicted octanol–water partition coefficient (Wildman–Crippen LogP) is -0.293. The number of β-amino-alcohol motifs (C(OH)–C–C–N with tert-alkyl or cyclic N) is 1. The van der Waals surface area contributed by atoms with Crippen LogP contribution < -0.4 is 5.73 Å². The molecule has 1 aliphatic carbocycles. The van der Waals surface area contributed by atoms with Crippen LogP contribution in [-0.4, -0.2) is 41.1 Å². The van der Waals surface area contributed by atoms with Crippen LogP contribution in [0.1, 0.15) is 26.2 Å². The molecule has 2 unspecified atom stereocenters. The zero-order valence-electron chi connectivity index (χ0n) is 8.57. The smallest absolute Gasteiger partial charge is 0.230 e. The number of aliphatic hydroxyl groups is 1. The van der Waals surface area contributed by atoms with E-state index in [4.69, 9.17) is 10.8 Å². The molecule has 2 atom stereocenters. The van der Waals surface area contributed by atoms with E-state index in [1.807, 2.05) is 6.92 Å². The molecule has 80 valence electrons. The molecule has 1 amide bonds. The van der Waals surface area contributed by atoms with Gasteiger partial charge in [0.15, 0.2) is 0 Å². The number of nitrogens with zero attached hydrogens (tertiary/aromatic N) is 1. The predicted molar refractivity (Wildman–Crippen MR) is 52.5 cm³/mol. The summed E-state index contributed by atoms with van der Waals surface area (Å²) in [6, 6.07) is -0.00672. The van der Waals surface area contributed by atoms with E-state index in [9.17, 15) is 4.79 Å². The van der Waals surface area contributed by atoms with Crippen LogP contribution in [0.5, 0.6) is 0 Å². The fourth-order valence-electron chi connectivity index (χ4n) is 2.44. The molecule has 1 saturated carbocycles. The van der Waals surface area contributed by atoms with Crippen molar-refractivity contribution in [3.63, 3.8) is 0 Å². The number of likely N-dealkylation sites (tertiary alicyclic amines) is 1. The van der Waals surface area contributed by atoms with E-state index in [-0.39, 0.29) is 23.5 Å². The Bertz CT molecular complexity index is 251. The number of carbonyl (C=O) groups excluding carboxylic acids is 1. The number of amides is 1. The topological polar surface area (TPSA) is 66.6 Å². The van der Waals surface area contributed by atoms with Crippen LogP contribution >= 0.6 is 0 Å². The van der Waals surface area contributed by atoms with Gasteiger partial charge in [-0.25, -0.2) is 0 Å². The van der Waals surface area contributed by atoms with E-state index in [0.29, 0.717) is 13.1 Å². The number of carbonyl (C=O) groups is 1. The van der Waals surface area contributed by atoms with Crippen molar-refractivity contribution in [2.75, 3.05) is 13.1 Å². The van der Waals surface area contributed by atoms with Crippen molar-refractivity contribution in [2.45, 2.75) is 38.3 Å². The van der Waals surface area contributed by atoms with Gasteiger partial charge in [-0.1, -0.05) is 6.42 Å². The average molecular weight is 198 g/mol. The number of hydrogen-bond acceptors (Lipinski definition) is 3. The summed E-state index contributed by atoms with van der Waals surface area (Å²) in [5.41, 5.74) is 5.58. The second kappa shape index (κ2) is 3.21. The summed E-state index contributed by atoms with van der Waals surface area (Å²) < 4.78 is 0. The highest BCUT2D eigenvalue weighted by molar-refractivity contribution is 5.84. The highest BCUT2D eigenvalue weighted by atomic mass is 16.3. The van der Waals surface area contributed by atoms with Gasteiger partial charge in [0.05, 0.1) is 11.5 Å². The lowest BCUT2D eigenvalue weighted by Gasteiger charge is -2.42. The van der Waals surface area contributed by atoms with Crippen molar-refractivity contribution >= 4 is 5.91 Å². The number of hydrogen-bond donors (Lipinski definition) is 2. The molecule has 0 aromatic rings. The monoisotopic (exact) mass is 198 g/mol. The molecule has 1 heterocycles. The summed E-state index contributed by atoms with van der Waals surface area (Å²) in [6.07, 6.45) is 2.55. The van der Waals surface area contributed by atoms with E-state index in [0.717, 1.165) is 19.3 Å². The molecule has 2 fully saturated rings.